The van der Waals surface area contributed by atoms with Gasteiger partial charge in [0.05, 0.1) is 30.1 Å². The van der Waals surface area contributed by atoms with Gasteiger partial charge in [0.15, 0.2) is 5.78 Å². The molecule has 0 atom stereocenters. The maximum absolute atomic E-state index is 12.0. The minimum Gasteiger partial charge on any atom is -0.496 e. The van der Waals surface area contributed by atoms with E-state index in [0.717, 1.165) is 16.6 Å². The summed E-state index contributed by atoms with van der Waals surface area (Å²) in [5.74, 6) is 0.520. The van der Waals surface area contributed by atoms with E-state index < -0.39 is 0 Å². The van der Waals surface area contributed by atoms with Gasteiger partial charge in [-0.05, 0) is 25.1 Å². The number of ether oxygens (including phenoxy) is 1. The van der Waals surface area contributed by atoms with Gasteiger partial charge in [-0.1, -0.05) is 24.3 Å². The van der Waals surface area contributed by atoms with E-state index in [4.69, 9.17) is 4.74 Å². The number of ketones is 1. The third-order valence-corrected chi connectivity index (χ3v) is 3.28. The summed E-state index contributed by atoms with van der Waals surface area (Å²) in [6, 6.07) is 13.4. The van der Waals surface area contributed by atoms with E-state index >= 15 is 0 Å². The molecule has 4 nitrogen and oxygen atoms in total. The van der Waals surface area contributed by atoms with Gasteiger partial charge in [-0.3, -0.25) is 4.79 Å². The maximum atomic E-state index is 12.0. The normalized spacial score (nSPS) is 10.7. The number of hydrogen-bond acceptors (Lipinski definition) is 3. The standard InChI is InChI=1S/C16H14N2O2/c1-11(19)16-14(8-5-9-15(16)20-2)18-13-7-4-3-6-12(13)10-17-18/h3-10H,1-2H3. The number of fused-ring (bicyclic) bond motifs is 1. The lowest BCUT2D eigenvalue weighted by Gasteiger charge is -2.12. The minimum atomic E-state index is -0.0444. The number of rotatable bonds is 3. The Labute approximate surface area is 116 Å². The van der Waals surface area contributed by atoms with Gasteiger partial charge in [0.1, 0.15) is 5.75 Å². The highest BCUT2D eigenvalue weighted by atomic mass is 16.5. The molecule has 0 bridgehead atoms. The van der Waals surface area contributed by atoms with Gasteiger partial charge in [-0.25, -0.2) is 4.68 Å². The van der Waals surface area contributed by atoms with Crippen LogP contribution in [0.3, 0.4) is 0 Å². The SMILES string of the molecule is COc1cccc(-n2ncc3ccccc32)c1C(C)=O. The second kappa shape index (κ2) is 4.81. The predicted octanol–water partition coefficient (Wildman–Crippen LogP) is 3.24. The Hall–Kier alpha value is -2.62. The molecule has 0 aliphatic carbocycles. The molecule has 0 spiro atoms. The predicted molar refractivity (Wildman–Crippen MR) is 77.6 cm³/mol. The highest BCUT2D eigenvalue weighted by molar-refractivity contribution is 6.01. The zero-order valence-corrected chi connectivity index (χ0v) is 11.3. The summed E-state index contributed by atoms with van der Waals surface area (Å²) in [5.41, 5.74) is 2.24. The molecular formula is C16H14N2O2. The average molecular weight is 266 g/mol. The molecule has 100 valence electrons. The molecule has 2 aromatic carbocycles. The zero-order valence-electron chi connectivity index (χ0n) is 11.3. The van der Waals surface area contributed by atoms with Crippen LogP contribution >= 0.6 is 0 Å². The molecule has 0 aliphatic heterocycles. The average Bonchev–Trinajstić information content (AvgIpc) is 2.90. The number of aromatic nitrogens is 2. The molecule has 1 heterocycles. The molecule has 4 heteroatoms. The smallest absolute Gasteiger partial charge is 0.165 e. The number of Topliss-reactive ketones (excluding diaryl/α,β-unsaturated/α-hetero) is 1. The molecule has 0 saturated carbocycles. The van der Waals surface area contributed by atoms with Gasteiger partial charge in [-0.2, -0.15) is 5.10 Å². The molecule has 20 heavy (non-hydrogen) atoms. The Kier molecular flexibility index (Phi) is 2.99. The summed E-state index contributed by atoms with van der Waals surface area (Å²) in [7, 11) is 1.56. The van der Waals surface area contributed by atoms with Crippen LogP contribution in [0.1, 0.15) is 17.3 Å². The summed E-state index contributed by atoms with van der Waals surface area (Å²) in [6.45, 7) is 1.53. The fourth-order valence-corrected chi connectivity index (χ4v) is 2.38. The van der Waals surface area contributed by atoms with Gasteiger partial charge >= 0.3 is 0 Å². The Balaban J connectivity index is 2.32. The van der Waals surface area contributed by atoms with Crippen LogP contribution in [-0.4, -0.2) is 22.7 Å². The van der Waals surface area contributed by atoms with Crippen molar-refractivity contribution in [1.29, 1.82) is 0 Å². The first-order valence-corrected chi connectivity index (χ1v) is 6.33. The van der Waals surface area contributed by atoms with Crippen LogP contribution < -0.4 is 4.74 Å². The van der Waals surface area contributed by atoms with Crippen molar-refractivity contribution in [2.45, 2.75) is 6.92 Å². The Morgan fingerprint density at radius 2 is 1.95 bits per heavy atom. The molecule has 0 amide bonds. The number of benzene rings is 2. The third kappa shape index (κ3) is 1.86. The molecule has 0 fully saturated rings. The second-order valence-electron chi connectivity index (χ2n) is 4.53. The fraction of sp³-hybridized carbons (Fsp3) is 0.125. The monoisotopic (exact) mass is 266 g/mol. The lowest BCUT2D eigenvalue weighted by molar-refractivity contribution is 0.101. The largest absolute Gasteiger partial charge is 0.496 e. The maximum Gasteiger partial charge on any atom is 0.165 e. The molecule has 0 radical (unpaired) electrons. The number of para-hydroxylation sites is 1. The highest BCUT2D eigenvalue weighted by Gasteiger charge is 2.16. The lowest BCUT2D eigenvalue weighted by atomic mass is 10.1. The zero-order chi connectivity index (χ0) is 14.1. The fourth-order valence-electron chi connectivity index (χ4n) is 2.38. The van der Waals surface area contributed by atoms with Gasteiger partial charge in [0.25, 0.3) is 0 Å². The van der Waals surface area contributed by atoms with Crippen molar-refractivity contribution >= 4 is 16.7 Å². The van der Waals surface area contributed by atoms with Gasteiger partial charge in [-0.15, -0.1) is 0 Å². The van der Waals surface area contributed by atoms with Crippen molar-refractivity contribution in [3.05, 3.63) is 54.2 Å². The summed E-state index contributed by atoms with van der Waals surface area (Å²) in [4.78, 5) is 12.0. The summed E-state index contributed by atoms with van der Waals surface area (Å²) in [5, 5.41) is 5.43. The minimum absolute atomic E-state index is 0.0444. The number of carbonyl (C=O) groups excluding carboxylic acids is 1. The van der Waals surface area contributed by atoms with E-state index in [1.54, 1.807) is 24.1 Å². The number of hydrogen-bond donors (Lipinski definition) is 0. The lowest BCUT2D eigenvalue weighted by Crippen LogP contribution is -2.06. The van der Waals surface area contributed by atoms with Crippen LogP contribution in [0.2, 0.25) is 0 Å². The number of methoxy groups -OCH3 is 1. The first-order valence-electron chi connectivity index (χ1n) is 6.33. The van der Waals surface area contributed by atoms with Crippen LogP contribution in [0.5, 0.6) is 5.75 Å². The van der Waals surface area contributed by atoms with Crippen molar-refractivity contribution in [2.24, 2.45) is 0 Å². The molecule has 0 saturated heterocycles. The van der Waals surface area contributed by atoms with Crippen molar-refractivity contribution in [3.63, 3.8) is 0 Å². The van der Waals surface area contributed by atoms with Crippen LogP contribution in [-0.2, 0) is 0 Å². The molecule has 1 aromatic heterocycles. The Morgan fingerprint density at radius 1 is 1.15 bits per heavy atom. The Bertz CT molecular complexity index is 790. The molecule has 0 aliphatic rings. The van der Waals surface area contributed by atoms with E-state index in [1.807, 2.05) is 36.4 Å². The van der Waals surface area contributed by atoms with E-state index in [9.17, 15) is 4.79 Å². The molecule has 0 unspecified atom stereocenters. The van der Waals surface area contributed by atoms with Gasteiger partial charge in [0.2, 0.25) is 0 Å². The van der Waals surface area contributed by atoms with E-state index in [0.29, 0.717) is 11.3 Å². The van der Waals surface area contributed by atoms with Crippen LogP contribution in [0, 0.1) is 0 Å². The quantitative estimate of drug-likeness (QED) is 0.683. The second-order valence-corrected chi connectivity index (χ2v) is 4.53. The van der Waals surface area contributed by atoms with Crippen molar-refractivity contribution in [1.82, 2.24) is 9.78 Å². The van der Waals surface area contributed by atoms with E-state index in [2.05, 4.69) is 5.10 Å². The molecule has 0 N–H and O–H groups in total. The number of nitrogens with zero attached hydrogens (tertiary/aromatic N) is 2. The summed E-state index contributed by atoms with van der Waals surface area (Å²) >= 11 is 0. The van der Waals surface area contributed by atoms with Crippen LogP contribution in [0.4, 0.5) is 0 Å². The summed E-state index contributed by atoms with van der Waals surface area (Å²) in [6.07, 6.45) is 1.79. The van der Waals surface area contributed by atoms with E-state index in [1.165, 1.54) is 6.92 Å². The molecule has 3 aromatic rings. The molecule has 3 rings (SSSR count). The Morgan fingerprint density at radius 3 is 2.70 bits per heavy atom. The summed E-state index contributed by atoms with van der Waals surface area (Å²) < 4.78 is 7.07. The number of carbonyl (C=O) groups is 1. The third-order valence-electron chi connectivity index (χ3n) is 3.28. The first-order chi connectivity index (χ1) is 9.72. The first kappa shape index (κ1) is 12.4. The van der Waals surface area contributed by atoms with Crippen LogP contribution in [0.15, 0.2) is 48.7 Å². The van der Waals surface area contributed by atoms with Crippen molar-refractivity contribution in [2.75, 3.05) is 7.11 Å². The molecular weight excluding hydrogens is 252 g/mol. The van der Waals surface area contributed by atoms with Crippen LogP contribution in [0.25, 0.3) is 16.6 Å². The van der Waals surface area contributed by atoms with Gasteiger partial charge < -0.3 is 4.74 Å². The highest BCUT2D eigenvalue weighted by Crippen LogP contribution is 2.27. The van der Waals surface area contributed by atoms with Crippen molar-refractivity contribution in [3.8, 4) is 11.4 Å². The van der Waals surface area contributed by atoms with Gasteiger partial charge in [0, 0.05) is 5.39 Å². The van der Waals surface area contributed by atoms with Crippen molar-refractivity contribution < 1.29 is 9.53 Å². The van der Waals surface area contributed by atoms with E-state index in [-0.39, 0.29) is 5.78 Å². The topological polar surface area (TPSA) is 44.1 Å².